The normalized spacial score (nSPS) is 23.2. The van der Waals surface area contributed by atoms with E-state index in [4.69, 9.17) is 9.72 Å². The van der Waals surface area contributed by atoms with E-state index in [2.05, 4.69) is 27.3 Å². The smallest absolute Gasteiger partial charge is 0.225 e. The van der Waals surface area contributed by atoms with Crippen molar-refractivity contribution in [3.63, 3.8) is 0 Å². The monoisotopic (exact) mass is 507 g/mol. The second-order valence-corrected chi connectivity index (χ2v) is 12.2. The van der Waals surface area contributed by atoms with Crippen LogP contribution in [0.3, 0.4) is 0 Å². The molecular weight excluding hydrogens is 470 g/mol. The maximum atomic E-state index is 12.4. The summed E-state index contributed by atoms with van der Waals surface area (Å²) in [6.07, 6.45) is 11.9. The molecule has 0 bridgehead atoms. The van der Waals surface area contributed by atoms with Gasteiger partial charge in [0, 0.05) is 48.4 Å². The molecule has 2 saturated carbocycles. The Balaban J connectivity index is 1.01. The Labute approximate surface area is 218 Å². The summed E-state index contributed by atoms with van der Waals surface area (Å²) in [5, 5.41) is 13.5. The highest BCUT2D eigenvalue weighted by molar-refractivity contribution is 7.11. The van der Waals surface area contributed by atoms with Gasteiger partial charge in [0.2, 0.25) is 11.8 Å². The quantitative estimate of drug-likeness (QED) is 0.546. The molecular formula is C28H37N5O2S. The Hall–Kier alpha value is -2.50. The number of fused-ring (bicyclic) bond motifs is 1. The molecule has 2 aromatic rings. The molecule has 1 aliphatic heterocycles. The molecule has 2 aliphatic carbocycles. The van der Waals surface area contributed by atoms with Gasteiger partial charge in [-0.05, 0) is 76.3 Å². The van der Waals surface area contributed by atoms with Gasteiger partial charge in [0.25, 0.3) is 0 Å². The van der Waals surface area contributed by atoms with Crippen molar-refractivity contribution in [2.45, 2.75) is 77.2 Å². The Morgan fingerprint density at radius 1 is 1.25 bits per heavy atom. The minimum atomic E-state index is -0.267. The molecule has 0 aromatic carbocycles. The summed E-state index contributed by atoms with van der Waals surface area (Å²) in [5.74, 6) is 1.54. The van der Waals surface area contributed by atoms with Crippen molar-refractivity contribution in [2.75, 3.05) is 26.2 Å². The number of nitrogens with one attached hydrogen (secondary N) is 1. The lowest BCUT2D eigenvalue weighted by Gasteiger charge is -2.30. The van der Waals surface area contributed by atoms with Crippen molar-refractivity contribution in [1.29, 1.82) is 5.26 Å². The maximum Gasteiger partial charge on any atom is 0.225 e. The summed E-state index contributed by atoms with van der Waals surface area (Å²) < 4.78 is 5.87. The zero-order valence-electron chi connectivity index (χ0n) is 21.3. The van der Waals surface area contributed by atoms with E-state index in [0.717, 1.165) is 79.7 Å². The lowest BCUT2D eigenvalue weighted by Crippen LogP contribution is -2.38. The van der Waals surface area contributed by atoms with E-state index in [-0.39, 0.29) is 11.3 Å². The highest BCUT2D eigenvalue weighted by Crippen LogP contribution is 2.45. The van der Waals surface area contributed by atoms with Crippen molar-refractivity contribution in [3.8, 4) is 11.9 Å². The van der Waals surface area contributed by atoms with E-state index in [1.54, 1.807) is 11.3 Å². The first-order valence-corrected chi connectivity index (χ1v) is 14.3. The number of carbonyl (C=O) groups is 1. The van der Waals surface area contributed by atoms with E-state index in [1.807, 2.05) is 19.2 Å². The van der Waals surface area contributed by atoms with Crippen LogP contribution in [-0.2, 0) is 24.1 Å². The lowest BCUT2D eigenvalue weighted by molar-refractivity contribution is -0.121. The summed E-state index contributed by atoms with van der Waals surface area (Å²) in [5.41, 5.74) is 2.22. The predicted octanol–water partition coefficient (Wildman–Crippen LogP) is 4.24. The minimum Gasteiger partial charge on any atom is -0.476 e. The number of rotatable bonds is 9. The molecule has 2 aromatic heterocycles. The molecule has 3 aliphatic rings. The number of nitrogens with zero attached hydrogens (tertiary/aromatic N) is 4. The Morgan fingerprint density at radius 3 is 2.78 bits per heavy atom. The lowest BCUT2D eigenvalue weighted by atomic mass is 9.84. The zero-order valence-corrected chi connectivity index (χ0v) is 22.1. The second kappa shape index (κ2) is 11.3. The molecule has 36 heavy (non-hydrogen) atoms. The minimum absolute atomic E-state index is 0.130. The third-order valence-corrected chi connectivity index (χ3v) is 8.97. The molecule has 0 atom stereocenters. The van der Waals surface area contributed by atoms with Crippen LogP contribution < -0.4 is 10.1 Å². The molecule has 3 heterocycles. The number of hydrogen-bond donors (Lipinski definition) is 1. The molecule has 0 unspecified atom stereocenters. The van der Waals surface area contributed by atoms with Crippen molar-refractivity contribution < 1.29 is 9.53 Å². The third-order valence-electron chi connectivity index (χ3n) is 8.06. The zero-order chi connectivity index (χ0) is 25.0. The average Bonchev–Trinajstić information content (AvgIpc) is 3.61. The largest absolute Gasteiger partial charge is 0.476 e. The fourth-order valence-corrected chi connectivity index (χ4v) is 6.24. The number of aryl methyl sites for hydroxylation is 1. The van der Waals surface area contributed by atoms with Gasteiger partial charge in [-0.15, -0.1) is 11.3 Å². The Kier molecular flexibility index (Phi) is 7.87. The number of pyridine rings is 1. The average molecular weight is 508 g/mol. The van der Waals surface area contributed by atoms with Gasteiger partial charge in [-0.2, -0.15) is 5.26 Å². The molecule has 7 nitrogen and oxygen atoms in total. The summed E-state index contributed by atoms with van der Waals surface area (Å²) >= 11 is 1.61. The van der Waals surface area contributed by atoms with Gasteiger partial charge in [0.05, 0.1) is 22.9 Å². The maximum absolute atomic E-state index is 12.4. The third kappa shape index (κ3) is 6.63. The molecule has 5 rings (SSSR count). The number of thiazole rings is 1. The van der Waals surface area contributed by atoms with Crippen molar-refractivity contribution in [1.82, 2.24) is 20.2 Å². The predicted molar refractivity (Wildman–Crippen MR) is 140 cm³/mol. The number of hydrogen-bond acceptors (Lipinski definition) is 7. The van der Waals surface area contributed by atoms with Crippen LogP contribution in [0.1, 0.15) is 66.1 Å². The van der Waals surface area contributed by atoms with E-state index >= 15 is 0 Å². The van der Waals surface area contributed by atoms with Gasteiger partial charge in [-0.3, -0.25) is 4.79 Å². The standard InChI is InChI=1S/C28H37N5O2S/c1-20-30-17-24(36-20)16-26(34)31-23-5-2-21(3-6-23)8-13-33-14-9-22-4-7-27(32-25(22)10-15-33)35-19-28(18-29)11-12-28/h4,7,17,21,23H,2-3,5-6,8-16,19H2,1H3,(H,31,34)/t21-,23-. The van der Waals surface area contributed by atoms with E-state index < -0.39 is 0 Å². The number of amides is 1. The van der Waals surface area contributed by atoms with E-state index in [1.165, 1.54) is 24.8 Å². The number of nitriles is 1. The molecule has 0 spiro atoms. The fraction of sp³-hybridized carbons (Fsp3) is 0.643. The number of carbonyl (C=O) groups excluding carboxylic acids is 1. The molecule has 0 radical (unpaired) electrons. The van der Waals surface area contributed by atoms with Gasteiger partial charge < -0.3 is 15.0 Å². The van der Waals surface area contributed by atoms with E-state index in [0.29, 0.717) is 24.9 Å². The first kappa shape index (κ1) is 25.2. The molecule has 192 valence electrons. The van der Waals surface area contributed by atoms with Gasteiger partial charge >= 0.3 is 0 Å². The summed E-state index contributed by atoms with van der Waals surface area (Å²) in [4.78, 5) is 25.0. The van der Waals surface area contributed by atoms with Crippen LogP contribution in [0.2, 0.25) is 0 Å². The van der Waals surface area contributed by atoms with E-state index in [9.17, 15) is 10.1 Å². The first-order valence-electron chi connectivity index (χ1n) is 13.5. The van der Waals surface area contributed by atoms with Crippen molar-refractivity contribution in [2.24, 2.45) is 11.3 Å². The molecule has 0 saturated heterocycles. The van der Waals surface area contributed by atoms with Crippen LogP contribution in [0.5, 0.6) is 5.88 Å². The number of ether oxygens (including phenoxy) is 1. The van der Waals surface area contributed by atoms with Crippen LogP contribution in [-0.4, -0.2) is 53.1 Å². The van der Waals surface area contributed by atoms with Crippen LogP contribution in [0.4, 0.5) is 0 Å². The van der Waals surface area contributed by atoms with Crippen LogP contribution >= 0.6 is 11.3 Å². The summed E-state index contributed by atoms with van der Waals surface area (Å²) in [6, 6.07) is 6.84. The SMILES string of the molecule is Cc1ncc(CC(=O)N[C@H]2CC[C@H](CCN3CCc4ccc(OCC5(C#N)CC5)nc4CC3)CC2)s1. The Bertz CT molecular complexity index is 1100. The van der Waals surface area contributed by atoms with Gasteiger partial charge in [0.1, 0.15) is 6.61 Å². The highest BCUT2D eigenvalue weighted by Gasteiger charge is 2.44. The number of aromatic nitrogens is 2. The molecule has 1 amide bonds. The molecule has 8 heteroatoms. The fourth-order valence-electron chi connectivity index (χ4n) is 5.45. The van der Waals surface area contributed by atoms with Crippen LogP contribution in [0, 0.1) is 29.6 Å². The van der Waals surface area contributed by atoms with Crippen LogP contribution in [0.25, 0.3) is 0 Å². The van der Waals surface area contributed by atoms with Crippen molar-refractivity contribution >= 4 is 17.2 Å². The Morgan fingerprint density at radius 2 is 2.06 bits per heavy atom. The van der Waals surface area contributed by atoms with Gasteiger partial charge in [0.15, 0.2) is 0 Å². The molecule has 2 fully saturated rings. The molecule has 1 N–H and O–H groups in total. The second-order valence-electron chi connectivity index (χ2n) is 10.9. The highest BCUT2D eigenvalue weighted by atomic mass is 32.1. The topological polar surface area (TPSA) is 91.1 Å². The summed E-state index contributed by atoms with van der Waals surface area (Å²) in [7, 11) is 0. The van der Waals surface area contributed by atoms with Crippen molar-refractivity contribution in [3.05, 3.63) is 39.5 Å². The summed E-state index contributed by atoms with van der Waals surface area (Å²) in [6.45, 7) is 5.68. The van der Waals surface area contributed by atoms with Gasteiger partial charge in [-0.1, -0.05) is 6.07 Å². The van der Waals surface area contributed by atoms with Crippen LogP contribution in [0.15, 0.2) is 18.3 Å². The van der Waals surface area contributed by atoms with Gasteiger partial charge in [-0.25, -0.2) is 9.97 Å². The first-order chi connectivity index (χ1) is 17.5.